The summed E-state index contributed by atoms with van der Waals surface area (Å²) in [4.78, 5) is 0. The zero-order valence-corrected chi connectivity index (χ0v) is 10.4. The molecule has 1 nitrogen and oxygen atoms in total. The maximum atomic E-state index is 5.93. The second-order valence-electron chi connectivity index (χ2n) is 4.88. The van der Waals surface area contributed by atoms with E-state index >= 15 is 0 Å². The van der Waals surface area contributed by atoms with Gasteiger partial charge in [-0.2, -0.15) is 0 Å². The van der Waals surface area contributed by atoms with Crippen molar-refractivity contribution in [2.24, 2.45) is 0 Å². The van der Waals surface area contributed by atoms with Crippen LogP contribution < -0.4 is 0 Å². The maximum absolute atomic E-state index is 5.93. The summed E-state index contributed by atoms with van der Waals surface area (Å²) in [6.45, 7) is 6.61. The van der Waals surface area contributed by atoms with Crippen molar-refractivity contribution in [3.8, 4) is 0 Å². The lowest BCUT2D eigenvalue weighted by atomic mass is 10.1. The number of fused-ring (bicyclic) bond motifs is 1. The quantitative estimate of drug-likeness (QED) is 0.686. The van der Waals surface area contributed by atoms with Gasteiger partial charge in [0.15, 0.2) is 0 Å². The van der Waals surface area contributed by atoms with Gasteiger partial charge in [0.1, 0.15) is 0 Å². The van der Waals surface area contributed by atoms with Gasteiger partial charge in [-0.3, -0.25) is 0 Å². The van der Waals surface area contributed by atoms with E-state index < -0.39 is 0 Å². The lowest BCUT2D eigenvalue weighted by Gasteiger charge is -2.19. The molecule has 0 spiro atoms. The van der Waals surface area contributed by atoms with Gasteiger partial charge in [0.05, 0.1) is 6.10 Å². The molecule has 1 aliphatic carbocycles. The first-order chi connectivity index (χ1) is 7.06. The minimum absolute atomic E-state index is 0.166. The molecule has 0 saturated carbocycles. The number of hydrogen-bond acceptors (Lipinski definition) is 1. The minimum Gasteiger partial charge on any atom is -0.407 e. The third kappa shape index (κ3) is 2.58. The zero-order valence-electron chi connectivity index (χ0n) is 9.45. The molecular weight excluding hydrogens is 200 g/mol. The van der Waals surface area contributed by atoms with Crippen molar-refractivity contribution in [3.63, 3.8) is 0 Å². The van der Waals surface area contributed by atoms with Crippen LogP contribution in [0.3, 0.4) is 0 Å². The molecule has 1 aromatic rings. The van der Waals surface area contributed by atoms with Gasteiger partial charge in [-0.1, -0.05) is 57.2 Å². The van der Waals surface area contributed by atoms with Crippen LogP contribution in [0.4, 0.5) is 0 Å². The van der Waals surface area contributed by atoms with E-state index in [0.29, 0.717) is 9.76 Å². The first-order valence-corrected chi connectivity index (χ1v) is 6.17. The zero-order chi connectivity index (χ0) is 10.9. The normalized spacial score (nSPS) is 19.3. The molecule has 0 heterocycles. The largest absolute Gasteiger partial charge is 0.407 e. The summed E-state index contributed by atoms with van der Waals surface area (Å²) < 4.78 is 5.93. The molecule has 0 saturated heterocycles. The van der Waals surface area contributed by atoms with E-state index in [1.165, 1.54) is 11.1 Å². The van der Waals surface area contributed by atoms with Gasteiger partial charge in [-0.05, 0) is 16.2 Å². The fourth-order valence-corrected chi connectivity index (χ4v) is 2.25. The molecule has 1 aromatic carbocycles. The summed E-state index contributed by atoms with van der Waals surface area (Å²) in [6, 6.07) is 8.42. The Kier molecular flexibility index (Phi) is 2.80. The predicted molar refractivity (Wildman–Crippen MR) is 64.8 cm³/mol. The first-order valence-electron chi connectivity index (χ1n) is 5.26. The molecule has 0 aromatic heterocycles. The van der Waals surface area contributed by atoms with Crippen molar-refractivity contribution in [2.45, 2.75) is 31.9 Å². The van der Waals surface area contributed by atoms with Crippen LogP contribution in [0, 0.1) is 0 Å². The van der Waals surface area contributed by atoms with Crippen LogP contribution in [0.25, 0.3) is 6.08 Å². The fourth-order valence-electron chi connectivity index (χ4n) is 1.56. The van der Waals surface area contributed by atoms with E-state index in [4.69, 9.17) is 4.43 Å². The van der Waals surface area contributed by atoms with Gasteiger partial charge in [-0.25, -0.2) is 0 Å². The summed E-state index contributed by atoms with van der Waals surface area (Å²) in [5.41, 5.74) is 2.59. The van der Waals surface area contributed by atoms with Gasteiger partial charge < -0.3 is 4.43 Å². The van der Waals surface area contributed by atoms with Gasteiger partial charge in [0, 0.05) is 0 Å². The summed E-state index contributed by atoms with van der Waals surface area (Å²) in [7, 11) is 0.536. The van der Waals surface area contributed by atoms with Crippen molar-refractivity contribution < 1.29 is 4.43 Å². The summed E-state index contributed by atoms with van der Waals surface area (Å²) in [5.74, 6) is 0. The van der Waals surface area contributed by atoms with Crippen LogP contribution in [0.1, 0.15) is 38.0 Å². The average molecular weight is 216 g/mol. The maximum Gasteiger partial charge on any atom is 0.237 e. The molecule has 1 atom stereocenters. The number of rotatable bonds is 2. The Hall–Kier alpha value is -0.863. The molecule has 1 aliphatic rings. The van der Waals surface area contributed by atoms with Crippen molar-refractivity contribution in [2.75, 3.05) is 0 Å². The molecule has 15 heavy (non-hydrogen) atoms. The number of benzene rings is 1. The monoisotopic (exact) mass is 216 g/mol. The van der Waals surface area contributed by atoms with Crippen LogP contribution in [-0.2, 0) is 4.43 Å². The Labute approximate surface area is 94.1 Å². The van der Waals surface area contributed by atoms with Crippen LogP contribution in [-0.4, -0.2) is 9.76 Å². The Balaban J connectivity index is 2.06. The Bertz CT molecular complexity index is 376. The molecule has 78 valence electrons. The molecule has 0 aliphatic heterocycles. The summed E-state index contributed by atoms with van der Waals surface area (Å²) in [6.07, 6.45) is 4.45. The van der Waals surface area contributed by atoms with Gasteiger partial charge in [0.2, 0.25) is 9.76 Å². The second-order valence-corrected chi connectivity index (χ2v) is 6.82. The highest BCUT2D eigenvalue weighted by Gasteiger charge is 2.21. The van der Waals surface area contributed by atoms with Crippen LogP contribution in [0.2, 0.25) is 5.04 Å². The molecule has 0 amide bonds. The van der Waals surface area contributed by atoms with E-state index in [2.05, 4.69) is 57.2 Å². The molecular formula is C13H16OSi. The molecule has 0 fully saturated rings. The third-order valence-corrected chi connectivity index (χ3v) is 3.23. The lowest BCUT2D eigenvalue weighted by Crippen LogP contribution is -2.14. The van der Waals surface area contributed by atoms with Crippen LogP contribution >= 0.6 is 0 Å². The predicted octanol–water partition coefficient (Wildman–Crippen LogP) is 3.61. The highest BCUT2D eigenvalue weighted by atomic mass is 28.2. The van der Waals surface area contributed by atoms with Crippen molar-refractivity contribution in [1.82, 2.24) is 0 Å². The summed E-state index contributed by atoms with van der Waals surface area (Å²) >= 11 is 0. The first kappa shape index (κ1) is 10.6. The van der Waals surface area contributed by atoms with E-state index in [0.717, 1.165) is 0 Å². The van der Waals surface area contributed by atoms with Gasteiger partial charge in [0.25, 0.3) is 0 Å². The number of hydrogen-bond donors (Lipinski definition) is 0. The fraction of sp³-hybridized carbons (Fsp3) is 0.385. The molecule has 1 unspecified atom stereocenters. The Morgan fingerprint density at radius 1 is 1.20 bits per heavy atom. The summed E-state index contributed by atoms with van der Waals surface area (Å²) in [5, 5.41) is 0.255. The van der Waals surface area contributed by atoms with Gasteiger partial charge >= 0.3 is 0 Å². The van der Waals surface area contributed by atoms with E-state index in [1.54, 1.807) is 0 Å². The van der Waals surface area contributed by atoms with E-state index in [-0.39, 0.29) is 11.1 Å². The highest BCUT2D eigenvalue weighted by molar-refractivity contribution is 6.31. The molecule has 0 N–H and O–H groups in total. The van der Waals surface area contributed by atoms with Gasteiger partial charge in [-0.15, -0.1) is 0 Å². The minimum atomic E-state index is 0.166. The lowest BCUT2D eigenvalue weighted by molar-refractivity contribution is 0.262. The molecule has 2 radical (unpaired) electrons. The van der Waals surface area contributed by atoms with Crippen LogP contribution in [0.5, 0.6) is 0 Å². The van der Waals surface area contributed by atoms with E-state index in [1.807, 2.05) is 0 Å². The molecule has 0 bridgehead atoms. The second kappa shape index (κ2) is 3.95. The van der Waals surface area contributed by atoms with Crippen molar-refractivity contribution in [3.05, 3.63) is 41.5 Å². The highest BCUT2D eigenvalue weighted by Crippen LogP contribution is 2.32. The molecule has 2 heteroatoms. The molecule has 2 rings (SSSR count). The van der Waals surface area contributed by atoms with Crippen molar-refractivity contribution >= 4 is 15.8 Å². The standard InChI is InChI=1S/C13H16OSi/c1-13(2,3)15-14-12-9-8-10-6-4-5-7-11(10)12/h4-9,12H,1-3H3. The topological polar surface area (TPSA) is 9.23 Å². The Morgan fingerprint density at radius 3 is 2.67 bits per heavy atom. The van der Waals surface area contributed by atoms with Crippen molar-refractivity contribution in [1.29, 1.82) is 0 Å². The third-order valence-electron chi connectivity index (χ3n) is 2.25. The van der Waals surface area contributed by atoms with Crippen LogP contribution in [0.15, 0.2) is 30.3 Å². The average Bonchev–Trinajstić information content (AvgIpc) is 2.57. The SMILES string of the molecule is CC(C)(C)[Si]OC1C=Cc2ccccc21. The Morgan fingerprint density at radius 2 is 1.93 bits per heavy atom. The van der Waals surface area contributed by atoms with E-state index in [9.17, 15) is 0 Å². The smallest absolute Gasteiger partial charge is 0.237 e.